The highest BCUT2D eigenvalue weighted by molar-refractivity contribution is 5.76. The molecule has 0 saturated carbocycles. The molecule has 0 heterocycles. The Balaban J connectivity index is 3.36. The van der Waals surface area contributed by atoms with E-state index >= 15 is 0 Å². The number of carbonyl (C=O) groups excluding carboxylic acids is 1. The van der Waals surface area contributed by atoms with E-state index in [-0.39, 0.29) is 12.5 Å². The lowest BCUT2D eigenvalue weighted by atomic mass is 10.0. The van der Waals surface area contributed by atoms with Crippen LogP contribution in [0.4, 0.5) is 0 Å². The zero-order valence-corrected chi connectivity index (χ0v) is 58.7. The number of hydrogen-bond donors (Lipinski definition) is 3. The molecule has 0 bridgehead atoms. The van der Waals surface area contributed by atoms with Crippen LogP contribution in [0.3, 0.4) is 0 Å². The number of aliphatic hydroxyl groups is 2. The maximum absolute atomic E-state index is 12.6. The Labute approximate surface area is 536 Å². The largest absolute Gasteiger partial charge is 0.394 e. The zero-order chi connectivity index (χ0) is 61.2. The first-order valence-corrected chi connectivity index (χ1v) is 40.1. The third kappa shape index (κ3) is 73.5. The summed E-state index contributed by atoms with van der Waals surface area (Å²) in [4.78, 5) is 12.6. The Morgan fingerprint density at radius 3 is 0.647 bits per heavy atom. The Bertz CT molecular complexity index is 1260. The summed E-state index contributed by atoms with van der Waals surface area (Å²) in [5, 5.41) is 23.4. The number of unbranched alkanes of at least 4 members (excludes halogenated alkanes) is 67. The molecule has 0 rings (SSSR count). The Morgan fingerprint density at radius 1 is 0.271 bits per heavy atom. The highest BCUT2D eigenvalue weighted by Crippen LogP contribution is 2.20. The molecule has 1 amide bonds. The van der Waals surface area contributed by atoms with E-state index in [2.05, 4.69) is 31.3 Å². The van der Waals surface area contributed by atoms with Gasteiger partial charge in [-0.15, -0.1) is 0 Å². The van der Waals surface area contributed by atoms with Gasteiger partial charge in [-0.25, -0.2) is 0 Å². The summed E-state index contributed by atoms with van der Waals surface area (Å²) in [6, 6.07) is -0.621. The smallest absolute Gasteiger partial charge is 0.220 e. The van der Waals surface area contributed by atoms with Crippen LogP contribution in [-0.2, 0) is 4.79 Å². The lowest BCUT2D eigenvalue weighted by Crippen LogP contribution is -2.45. The summed E-state index contributed by atoms with van der Waals surface area (Å²) < 4.78 is 0. The normalized spacial score (nSPS) is 12.7. The fraction of sp³-hybridized carbons (Fsp3) is 0.938. The highest BCUT2D eigenvalue weighted by atomic mass is 16.3. The van der Waals surface area contributed by atoms with Crippen molar-refractivity contribution in [2.24, 2.45) is 0 Å². The summed E-state index contributed by atoms with van der Waals surface area (Å²) in [7, 11) is 0. The molecule has 0 aliphatic rings. The second-order valence-corrected chi connectivity index (χ2v) is 27.8. The molecule has 3 N–H and O–H groups in total. The zero-order valence-electron chi connectivity index (χ0n) is 58.7. The van der Waals surface area contributed by atoms with Gasteiger partial charge in [-0.1, -0.05) is 443 Å². The van der Waals surface area contributed by atoms with Gasteiger partial charge >= 0.3 is 0 Å². The first-order chi connectivity index (χ1) is 42.2. The van der Waals surface area contributed by atoms with Gasteiger partial charge in [0.2, 0.25) is 5.91 Å². The van der Waals surface area contributed by atoms with Crippen LogP contribution in [0.2, 0.25) is 0 Å². The van der Waals surface area contributed by atoms with Gasteiger partial charge in [-0.3, -0.25) is 4.79 Å². The number of rotatable bonds is 76. The van der Waals surface area contributed by atoms with Gasteiger partial charge in [0.1, 0.15) is 0 Å². The fourth-order valence-corrected chi connectivity index (χ4v) is 13.1. The topological polar surface area (TPSA) is 69.6 Å². The van der Waals surface area contributed by atoms with Crippen LogP contribution < -0.4 is 5.32 Å². The minimum absolute atomic E-state index is 0.0525. The standard InChI is InChI=1S/C81H159NO3/c1-3-5-7-9-11-13-15-17-19-21-23-25-27-29-31-33-35-37-38-39-40-41-42-43-44-45-47-49-51-53-55-57-59-61-63-65-67-69-71-73-75-77-81(85)82-79(78-83)80(84)76-74-72-70-68-66-64-62-60-58-56-54-52-50-48-46-36-34-32-30-28-26-24-22-20-18-16-14-12-10-8-6-4-2/h21,23,74,76,79-80,83-84H,3-20,22,24-73,75,77-78H2,1-2H3,(H,82,85)/b23-21-,76-74+. The quantitative estimate of drug-likeness (QED) is 0.0420. The molecule has 85 heavy (non-hydrogen) atoms. The molecule has 0 aromatic rings. The van der Waals surface area contributed by atoms with Crippen molar-refractivity contribution < 1.29 is 15.0 Å². The Kier molecular flexibility index (Phi) is 76.1. The molecule has 0 radical (unpaired) electrons. The van der Waals surface area contributed by atoms with E-state index in [0.717, 1.165) is 25.7 Å². The molecule has 4 heteroatoms. The van der Waals surface area contributed by atoms with Crippen molar-refractivity contribution in [1.29, 1.82) is 0 Å². The monoisotopic (exact) mass is 1190 g/mol. The van der Waals surface area contributed by atoms with Crippen LogP contribution in [0.25, 0.3) is 0 Å². The predicted molar refractivity (Wildman–Crippen MR) is 382 cm³/mol. The lowest BCUT2D eigenvalue weighted by Gasteiger charge is -2.20. The van der Waals surface area contributed by atoms with E-state index in [9.17, 15) is 15.0 Å². The molecule has 0 spiro atoms. The van der Waals surface area contributed by atoms with E-state index < -0.39 is 12.1 Å². The van der Waals surface area contributed by atoms with Crippen molar-refractivity contribution in [3.8, 4) is 0 Å². The number of carbonyl (C=O) groups is 1. The molecule has 506 valence electrons. The molecule has 0 aliphatic carbocycles. The fourth-order valence-electron chi connectivity index (χ4n) is 13.1. The second kappa shape index (κ2) is 77.1. The molecule has 0 aromatic heterocycles. The number of allylic oxidation sites excluding steroid dienone is 3. The second-order valence-electron chi connectivity index (χ2n) is 27.8. The van der Waals surface area contributed by atoms with Gasteiger partial charge < -0.3 is 15.5 Å². The summed E-state index contributed by atoms with van der Waals surface area (Å²) >= 11 is 0. The minimum Gasteiger partial charge on any atom is -0.394 e. The van der Waals surface area contributed by atoms with Crippen molar-refractivity contribution in [2.75, 3.05) is 6.61 Å². The van der Waals surface area contributed by atoms with Gasteiger partial charge in [0.15, 0.2) is 0 Å². The molecule has 2 unspecified atom stereocenters. The van der Waals surface area contributed by atoms with Crippen molar-refractivity contribution >= 4 is 5.91 Å². The Hall–Kier alpha value is -1.13. The van der Waals surface area contributed by atoms with Crippen LogP contribution in [0.5, 0.6) is 0 Å². The lowest BCUT2D eigenvalue weighted by molar-refractivity contribution is -0.123. The van der Waals surface area contributed by atoms with Gasteiger partial charge in [-0.2, -0.15) is 0 Å². The number of nitrogens with one attached hydrogen (secondary N) is 1. The van der Waals surface area contributed by atoms with E-state index in [1.54, 1.807) is 6.08 Å². The van der Waals surface area contributed by atoms with Crippen LogP contribution >= 0.6 is 0 Å². The van der Waals surface area contributed by atoms with Gasteiger partial charge in [-0.05, 0) is 44.9 Å². The summed E-state index contributed by atoms with van der Waals surface area (Å²) in [5.41, 5.74) is 0. The molecule has 0 fully saturated rings. The molecule has 0 saturated heterocycles. The highest BCUT2D eigenvalue weighted by Gasteiger charge is 2.18. The van der Waals surface area contributed by atoms with Crippen molar-refractivity contribution in [2.45, 2.75) is 482 Å². The maximum Gasteiger partial charge on any atom is 0.220 e. The third-order valence-electron chi connectivity index (χ3n) is 19.2. The number of hydrogen-bond acceptors (Lipinski definition) is 3. The summed E-state index contributed by atoms with van der Waals surface area (Å²) in [5.74, 6) is -0.0525. The van der Waals surface area contributed by atoms with Gasteiger partial charge in [0, 0.05) is 6.42 Å². The van der Waals surface area contributed by atoms with E-state index in [0.29, 0.717) is 6.42 Å². The molecule has 0 aliphatic heterocycles. The summed E-state index contributed by atoms with van der Waals surface area (Å²) in [6.45, 7) is 4.37. The van der Waals surface area contributed by atoms with Crippen molar-refractivity contribution in [3.63, 3.8) is 0 Å². The Morgan fingerprint density at radius 2 is 0.447 bits per heavy atom. The van der Waals surface area contributed by atoms with Crippen LogP contribution in [0.15, 0.2) is 24.3 Å². The van der Waals surface area contributed by atoms with Crippen molar-refractivity contribution in [3.05, 3.63) is 24.3 Å². The SMILES string of the molecule is CCCCCCCCCC/C=C\CCCCCCCCCCCCCCCCCCCCCCCCCCCCCCCC(=O)NC(CO)C(O)/C=C/CCCCCCCCCCCCCCCCCCCCCCCCCCCCCCCC. The van der Waals surface area contributed by atoms with Crippen LogP contribution in [0.1, 0.15) is 470 Å². The van der Waals surface area contributed by atoms with Crippen molar-refractivity contribution in [1.82, 2.24) is 5.32 Å². The third-order valence-corrected chi connectivity index (χ3v) is 19.2. The molecular weight excluding hydrogens is 1030 g/mol. The molecular formula is C81H159NO3. The van der Waals surface area contributed by atoms with E-state index in [4.69, 9.17) is 0 Å². The average molecular weight is 1200 g/mol. The maximum atomic E-state index is 12.6. The first-order valence-electron chi connectivity index (χ1n) is 40.1. The minimum atomic E-state index is -0.839. The van der Waals surface area contributed by atoms with Gasteiger partial charge in [0.25, 0.3) is 0 Å². The molecule has 0 aromatic carbocycles. The van der Waals surface area contributed by atoms with E-state index in [1.165, 1.54) is 424 Å². The van der Waals surface area contributed by atoms with Gasteiger partial charge in [0.05, 0.1) is 18.8 Å². The predicted octanol–water partition coefficient (Wildman–Crippen LogP) is 27.7. The summed E-state index contributed by atoms with van der Waals surface area (Å²) in [6.07, 6.45) is 106. The van der Waals surface area contributed by atoms with Crippen LogP contribution in [-0.4, -0.2) is 34.9 Å². The number of amides is 1. The average Bonchev–Trinajstić information content (AvgIpc) is 3.51. The molecule has 2 atom stereocenters. The van der Waals surface area contributed by atoms with E-state index in [1.807, 2.05) is 6.08 Å². The number of aliphatic hydroxyl groups excluding tert-OH is 2. The molecule has 4 nitrogen and oxygen atoms in total. The van der Waals surface area contributed by atoms with Crippen LogP contribution in [0, 0.1) is 0 Å². The first kappa shape index (κ1) is 83.9.